The van der Waals surface area contributed by atoms with Crippen LogP contribution in [0.2, 0.25) is 0 Å². The van der Waals surface area contributed by atoms with E-state index in [-0.39, 0.29) is 81.1 Å². The zero-order valence-corrected chi connectivity index (χ0v) is 25.4. The van der Waals surface area contributed by atoms with Crippen molar-refractivity contribution in [2.45, 2.75) is 65.2 Å². The fourth-order valence-corrected chi connectivity index (χ4v) is 5.16. The number of rotatable bonds is 10. The summed E-state index contributed by atoms with van der Waals surface area (Å²) in [5.74, 6) is 2.28. The first-order chi connectivity index (χ1) is 16.6. The molecule has 184 valence electrons. The maximum Gasteiger partial charge on any atom is 1.00 e. The minimum absolute atomic E-state index is 0. The molecular formula is C34H44Li4. The molecule has 0 N–H and O–H groups in total. The van der Waals surface area contributed by atoms with Crippen molar-refractivity contribution in [2.24, 2.45) is 11.8 Å². The number of hydrogen-bond donors (Lipinski definition) is 0. The first kappa shape index (κ1) is 37.5. The van der Waals surface area contributed by atoms with E-state index >= 15 is 0 Å². The van der Waals surface area contributed by atoms with Gasteiger partial charge in [-0.15, -0.1) is 0 Å². The molecule has 0 nitrogen and oxygen atoms in total. The summed E-state index contributed by atoms with van der Waals surface area (Å²) < 4.78 is 0. The van der Waals surface area contributed by atoms with E-state index in [1.54, 1.807) is 0 Å². The van der Waals surface area contributed by atoms with Gasteiger partial charge < -0.3 is 5.71 Å². The second kappa shape index (κ2) is 18.8. The Kier molecular flexibility index (Phi) is 18.6. The van der Waals surface area contributed by atoms with E-state index in [9.17, 15) is 0 Å². The maximum atomic E-state index is 2.46. The number of hydrogen-bond acceptors (Lipinski definition) is 0. The largest absolute Gasteiger partial charge is 1.00 e. The summed E-state index contributed by atoms with van der Waals surface area (Å²) in [5.41, 5.74) is 5.73. The Morgan fingerprint density at radius 2 is 0.842 bits per heavy atom. The molecule has 4 aromatic carbocycles. The smallest absolute Gasteiger partial charge is 1.00 e. The molecule has 0 heterocycles. The van der Waals surface area contributed by atoms with Crippen molar-refractivity contribution in [3.05, 3.63) is 119 Å². The molecule has 0 aliphatic rings. The summed E-state index contributed by atoms with van der Waals surface area (Å²) in [4.78, 5) is 0. The van der Waals surface area contributed by atoms with Crippen molar-refractivity contribution in [3.63, 3.8) is 0 Å². The van der Waals surface area contributed by atoms with Crippen molar-refractivity contribution < 1.29 is 81.1 Å². The van der Waals surface area contributed by atoms with E-state index in [0.29, 0.717) is 23.7 Å². The van der Waals surface area contributed by atoms with E-state index in [4.69, 9.17) is 0 Å². The van der Waals surface area contributed by atoms with Crippen LogP contribution in [-0.4, -0.2) is 0 Å². The van der Waals surface area contributed by atoms with Gasteiger partial charge in [0.25, 0.3) is 0 Å². The Bertz CT molecular complexity index is 1110. The molecule has 0 aliphatic heterocycles. The Balaban J connectivity index is -0.000000570. The van der Waals surface area contributed by atoms with Crippen molar-refractivity contribution in [2.75, 3.05) is 0 Å². The van der Waals surface area contributed by atoms with Gasteiger partial charge in [0.2, 0.25) is 0 Å². The van der Waals surface area contributed by atoms with Gasteiger partial charge in [-0.1, -0.05) is 138 Å². The molecule has 0 fully saturated rings. The van der Waals surface area contributed by atoms with Crippen LogP contribution >= 0.6 is 0 Å². The van der Waals surface area contributed by atoms with E-state index in [2.05, 4.69) is 125 Å². The summed E-state index contributed by atoms with van der Waals surface area (Å²) in [7, 11) is 0. The van der Waals surface area contributed by atoms with Crippen molar-refractivity contribution in [1.29, 1.82) is 0 Å². The third kappa shape index (κ3) is 9.87. The van der Waals surface area contributed by atoms with Crippen molar-refractivity contribution in [1.82, 2.24) is 0 Å². The van der Waals surface area contributed by atoms with Crippen LogP contribution in [0.4, 0.5) is 0 Å². The Morgan fingerprint density at radius 3 is 1.18 bits per heavy atom. The molecule has 0 saturated carbocycles. The third-order valence-corrected chi connectivity index (χ3v) is 7.77. The molecule has 4 heteroatoms. The normalized spacial score (nSPS) is 13.5. The fraction of sp³-hybridized carbons (Fsp3) is 0.353. The average Bonchev–Trinajstić information content (AvgIpc) is 2.90. The molecule has 0 saturated heterocycles. The molecule has 0 spiro atoms. The van der Waals surface area contributed by atoms with Crippen molar-refractivity contribution >= 4 is 10.8 Å². The van der Waals surface area contributed by atoms with Crippen LogP contribution in [0.15, 0.2) is 97.1 Å². The predicted molar refractivity (Wildman–Crippen MR) is 153 cm³/mol. The Morgan fingerprint density at radius 1 is 0.474 bits per heavy atom. The molecule has 4 rings (SSSR count). The summed E-state index contributed by atoms with van der Waals surface area (Å²) in [5, 5.41) is 2.70. The molecular weight excluding hydrogens is 436 g/mol. The van der Waals surface area contributed by atoms with Gasteiger partial charge in [0.1, 0.15) is 0 Å². The Hall–Kier alpha value is -0.470. The van der Waals surface area contributed by atoms with Gasteiger partial charge in [0, 0.05) is 11.8 Å². The second-order valence-corrected chi connectivity index (χ2v) is 10.3. The molecule has 38 heavy (non-hydrogen) atoms. The average molecular weight is 480 g/mol. The predicted octanol–water partition coefficient (Wildman–Crippen LogP) is -1.56. The van der Waals surface area contributed by atoms with E-state index in [1.807, 2.05) is 0 Å². The molecule has 4 unspecified atom stereocenters. The van der Waals surface area contributed by atoms with Crippen LogP contribution in [0.25, 0.3) is 10.8 Å². The minimum Gasteiger partial charge on any atom is -1.00 e. The van der Waals surface area contributed by atoms with E-state index in [1.165, 1.54) is 58.7 Å². The number of fused-ring (bicyclic) bond motifs is 1. The topological polar surface area (TPSA) is 0 Å². The summed E-state index contributed by atoms with van der Waals surface area (Å²) in [6, 6.07) is 36.4. The Labute approximate surface area is 286 Å². The fourth-order valence-electron chi connectivity index (χ4n) is 5.16. The number of benzene rings is 4. The van der Waals surface area contributed by atoms with Gasteiger partial charge in [0.05, 0.1) is 0 Å². The summed E-state index contributed by atoms with van der Waals surface area (Å²) >= 11 is 0. The molecule has 0 radical (unpaired) electrons. The van der Waals surface area contributed by atoms with Gasteiger partial charge in [-0.05, 0) is 57.7 Å². The quantitative estimate of drug-likeness (QED) is 0.241. The van der Waals surface area contributed by atoms with E-state index in [0.717, 1.165) is 0 Å². The molecule has 0 aliphatic carbocycles. The van der Waals surface area contributed by atoms with Crippen LogP contribution in [0.5, 0.6) is 0 Å². The van der Waals surface area contributed by atoms with Crippen LogP contribution in [0, 0.1) is 11.8 Å². The van der Waals surface area contributed by atoms with E-state index < -0.39 is 0 Å². The molecule has 4 aromatic rings. The van der Waals surface area contributed by atoms with Gasteiger partial charge in [-0.3, -0.25) is 0 Å². The summed E-state index contributed by atoms with van der Waals surface area (Å²) in [6.07, 6.45) is 4.81. The zero-order valence-electron chi connectivity index (χ0n) is 29.4. The molecule has 0 aromatic heterocycles. The zero-order chi connectivity index (χ0) is 23.9. The second-order valence-electron chi connectivity index (χ2n) is 10.3. The van der Waals surface area contributed by atoms with Crippen LogP contribution in [0.1, 0.15) is 93.2 Å². The van der Waals surface area contributed by atoms with Gasteiger partial charge in [-0.25, -0.2) is 0 Å². The molecule has 4 atom stereocenters. The van der Waals surface area contributed by atoms with Gasteiger partial charge in [0.15, 0.2) is 0 Å². The van der Waals surface area contributed by atoms with Gasteiger partial charge >= 0.3 is 75.4 Å². The van der Waals surface area contributed by atoms with Crippen molar-refractivity contribution in [3.8, 4) is 0 Å². The van der Waals surface area contributed by atoms with Crippen LogP contribution < -0.4 is 75.4 Å². The minimum atomic E-state index is 0. The third-order valence-electron chi connectivity index (χ3n) is 7.77. The first-order valence-corrected chi connectivity index (χ1v) is 13.2. The summed E-state index contributed by atoms with van der Waals surface area (Å²) in [6.45, 7) is 9.38. The van der Waals surface area contributed by atoms with Gasteiger partial charge in [-0.2, -0.15) is 0 Å². The monoisotopic (exact) mass is 480 g/mol. The molecule has 0 amide bonds. The van der Waals surface area contributed by atoms with Crippen LogP contribution in [-0.2, 0) is 0 Å². The maximum absolute atomic E-state index is 2.46. The SMILES string of the molecule is CCC(C)CC(c1ccccc1)c1ccc2ccc(C(CC(C)CC)c3ccccc3)cc2c1.[H-].[H-].[H-].[H-].[Li+].[Li+].[Li+].[Li+]. The first-order valence-electron chi connectivity index (χ1n) is 13.2. The van der Waals surface area contributed by atoms with Crippen LogP contribution in [0.3, 0.4) is 0 Å². The molecule has 0 bridgehead atoms. The standard InChI is InChI=1S/C34H40.4Li.4H/c1-5-25(3)21-33(28-13-9-7-10-14-28)30-19-17-27-18-20-31(24-32(27)23-30)34(22-26(4)6-2)29-15-11-8-12-16-29;;;;;;;;/h7-20,23-26,33-34H,5-6,21-22H2,1-4H3;;;;;;;;/q;4*+1;4*-1.